The molecule has 0 aliphatic rings. The van der Waals surface area contributed by atoms with Crippen molar-refractivity contribution in [1.29, 1.82) is 0 Å². The van der Waals surface area contributed by atoms with Crippen LogP contribution in [0.25, 0.3) is 6.08 Å². The molecule has 0 aliphatic carbocycles. The van der Waals surface area contributed by atoms with E-state index >= 15 is 0 Å². The maximum absolute atomic E-state index is 11.9. The molecule has 0 radical (unpaired) electrons. The average molecular weight is 267 g/mol. The Morgan fingerprint density at radius 1 is 1.15 bits per heavy atom. The maximum atomic E-state index is 11.9. The summed E-state index contributed by atoms with van der Waals surface area (Å²) < 4.78 is 5.12. The van der Waals surface area contributed by atoms with Crippen LogP contribution >= 0.6 is 0 Å². The normalized spacial score (nSPS) is 10.5. The van der Waals surface area contributed by atoms with Gasteiger partial charge in [0.1, 0.15) is 0 Å². The van der Waals surface area contributed by atoms with E-state index in [1.165, 1.54) is 6.61 Å². The van der Waals surface area contributed by atoms with E-state index in [0.29, 0.717) is 0 Å². The van der Waals surface area contributed by atoms with Crippen LogP contribution < -0.4 is 18.9 Å². The molecule has 4 heteroatoms. The van der Waals surface area contributed by atoms with Gasteiger partial charge in [-0.15, -0.1) is 5.56 Å². The van der Waals surface area contributed by atoms with Gasteiger partial charge in [0, 0.05) is 12.1 Å². The number of ether oxygens (including phenoxy) is 1. The molecule has 1 aromatic carbocycles. The first kappa shape index (κ1) is 18.7. The van der Waals surface area contributed by atoms with E-state index in [2.05, 4.69) is 0 Å². The summed E-state index contributed by atoms with van der Waals surface area (Å²) in [5.74, 6) is 0. The van der Waals surface area contributed by atoms with Gasteiger partial charge in [-0.3, -0.25) is 0 Å². The summed E-state index contributed by atoms with van der Waals surface area (Å²) >= 11 is 0. The van der Waals surface area contributed by atoms with Gasteiger partial charge in [-0.05, 0) is 27.7 Å². The van der Waals surface area contributed by atoms with Crippen LogP contribution in [0.1, 0.15) is 33.3 Å². The van der Waals surface area contributed by atoms with Gasteiger partial charge in [-0.2, -0.15) is 12.2 Å². The summed E-state index contributed by atoms with van der Waals surface area (Å²) in [7, 11) is 0. The fourth-order valence-electron chi connectivity index (χ4n) is 1.89. The quantitative estimate of drug-likeness (QED) is 0.591. The first-order valence-electron chi connectivity index (χ1n) is 6.56. The van der Waals surface area contributed by atoms with Crippen molar-refractivity contribution >= 4 is 12.2 Å². The summed E-state index contributed by atoms with van der Waals surface area (Å²) in [5, 5.41) is 0. The molecule has 3 nitrogen and oxygen atoms in total. The van der Waals surface area contributed by atoms with Crippen molar-refractivity contribution in [2.24, 2.45) is 0 Å². The SMILES string of the molecule is CC(C)N(C(=O)O[CH-]/C=C/c1ccccc1)C(C)C.[Li+]. The van der Waals surface area contributed by atoms with Crippen LogP contribution in [0.5, 0.6) is 0 Å². The molecule has 1 rings (SSSR count). The summed E-state index contributed by atoms with van der Waals surface area (Å²) in [6.45, 7) is 9.32. The van der Waals surface area contributed by atoms with Gasteiger partial charge in [0.25, 0.3) is 0 Å². The minimum Gasteiger partial charge on any atom is -0.511 e. The van der Waals surface area contributed by atoms with Gasteiger partial charge in [-0.1, -0.05) is 36.9 Å². The summed E-state index contributed by atoms with van der Waals surface area (Å²) in [6.07, 6.45) is 3.30. The zero-order chi connectivity index (χ0) is 14.3. The summed E-state index contributed by atoms with van der Waals surface area (Å²) in [6, 6.07) is 10.1. The average Bonchev–Trinajstić information content (AvgIpc) is 2.35. The number of rotatable bonds is 5. The Morgan fingerprint density at radius 2 is 1.70 bits per heavy atom. The first-order chi connectivity index (χ1) is 9.02. The number of hydrogen-bond donors (Lipinski definition) is 0. The number of carbonyl (C=O) groups excluding carboxylic acids is 1. The zero-order valence-electron chi connectivity index (χ0n) is 13.0. The van der Waals surface area contributed by atoms with Crippen LogP contribution in [0.3, 0.4) is 0 Å². The van der Waals surface area contributed by atoms with Gasteiger partial charge in [0.15, 0.2) is 0 Å². The molecule has 0 heterocycles. The third-order valence-corrected chi connectivity index (χ3v) is 2.66. The Labute approximate surface area is 134 Å². The van der Waals surface area contributed by atoms with E-state index in [9.17, 15) is 4.79 Å². The van der Waals surface area contributed by atoms with Crippen molar-refractivity contribution < 1.29 is 28.4 Å². The second kappa shape index (κ2) is 9.58. The Kier molecular flexibility index (Phi) is 8.95. The third-order valence-electron chi connectivity index (χ3n) is 2.66. The molecule has 1 amide bonds. The predicted molar refractivity (Wildman–Crippen MR) is 78.4 cm³/mol. The topological polar surface area (TPSA) is 29.5 Å². The molecular formula is C16H22LiNO2. The smallest absolute Gasteiger partial charge is 0.511 e. The van der Waals surface area contributed by atoms with Crippen molar-refractivity contribution in [1.82, 2.24) is 4.90 Å². The van der Waals surface area contributed by atoms with Crippen molar-refractivity contribution in [3.05, 3.63) is 48.6 Å². The molecule has 0 spiro atoms. The molecular weight excluding hydrogens is 245 g/mol. The second-order valence-corrected chi connectivity index (χ2v) is 4.88. The molecule has 20 heavy (non-hydrogen) atoms. The Morgan fingerprint density at radius 3 is 2.20 bits per heavy atom. The van der Waals surface area contributed by atoms with Gasteiger partial charge in [0.05, 0.1) is 0 Å². The molecule has 0 saturated carbocycles. The Bertz CT molecular complexity index is 408. The van der Waals surface area contributed by atoms with E-state index in [0.717, 1.165) is 5.56 Å². The second-order valence-electron chi connectivity index (χ2n) is 4.88. The molecule has 0 unspecified atom stereocenters. The Hall–Kier alpha value is -1.30. The minimum atomic E-state index is -0.317. The Balaban J connectivity index is 0.00000361. The summed E-state index contributed by atoms with van der Waals surface area (Å²) in [4.78, 5) is 13.6. The fraction of sp³-hybridized carbons (Fsp3) is 0.375. The predicted octanol–water partition coefficient (Wildman–Crippen LogP) is 1.12. The molecule has 0 saturated heterocycles. The molecule has 104 valence electrons. The number of nitrogens with zero attached hydrogens (tertiary/aromatic N) is 1. The van der Waals surface area contributed by atoms with Crippen LogP contribution in [-0.4, -0.2) is 23.1 Å². The molecule has 0 aliphatic heterocycles. The van der Waals surface area contributed by atoms with Gasteiger partial charge >= 0.3 is 25.0 Å². The number of carbonyl (C=O) groups is 1. The van der Waals surface area contributed by atoms with Crippen LogP contribution in [0.2, 0.25) is 0 Å². The van der Waals surface area contributed by atoms with Gasteiger partial charge in [0.2, 0.25) is 0 Å². The van der Waals surface area contributed by atoms with Gasteiger partial charge < -0.3 is 9.64 Å². The van der Waals surface area contributed by atoms with Crippen LogP contribution in [0.15, 0.2) is 36.4 Å². The van der Waals surface area contributed by atoms with E-state index < -0.39 is 0 Å². The van der Waals surface area contributed by atoms with Crippen LogP contribution in [0, 0.1) is 6.61 Å². The van der Waals surface area contributed by atoms with Crippen LogP contribution in [0.4, 0.5) is 4.79 Å². The van der Waals surface area contributed by atoms with Crippen LogP contribution in [-0.2, 0) is 4.74 Å². The van der Waals surface area contributed by atoms with E-state index in [4.69, 9.17) is 4.74 Å². The van der Waals surface area contributed by atoms with Crippen molar-refractivity contribution in [2.75, 3.05) is 0 Å². The van der Waals surface area contributed by atoms with E-state index in [1.807, 2.05) is 64.1 Å². The number of hydrogen-bond acceptors (Lipinski definition) is 2. The molecule has 0 bridgehead atoms. The largest absolute Gasteiger partial charge is 1.00 e. The standard InChI is InChI=1S/C16H22NO2.Li/c1-13(2)17(14(3)4)16(18)19-12-8-11-15-9-6-5-7-10-15;/h5-14H,1-4H3;/q-1;+1/b11-8+;. The molecule has 0 fully saturated rings. The third kappa shape index (κ3) is 6.23. The van der Waals surface area contributed by atoms with Crippen molar-refractivity contribution in [2.45, 2.75) is 39.8 Å². The minimum absolute atomic E-state index is 0. The summed E-state index contributed by atoms with van der Waals surface area (Å²) in [5.41, 5.74) is 1.07. The molecule has 1 aromatic rings. The van der Waals surface area contributed by atoms with E-state index in [-0.39, 0.29) is 37.0 Å². The van der Waals surface area contributed by atoms with E-state index in [1.54, 1.807) is 11.0 Å². The van der Waals surface area contributed by atoms with Crippen molar-refractivity contribution in [3.8, 4) is 0 Å². The van der Waals surface area contributed by atoms with Gasteiger partial charge in [-0.25, -0.2) is 4.79 Å². The van der Waals surface area contributed by atoms with Crippen molar-refractivity contribution in [3.63, 3.8) is 0 Å². The number of amides is 1. The first-order valence-corrected chi connectivity index (χ1v) is 6.56. The number of benzene rings is 1. The zero-order valence-corrected chi connectivity index (χ0v) is 13.0. The molecule has 0 aromatic heterocycles. The molecule has 0 atom stereocenters. The fourth-order valence-corrected chi connectivity index (χ4v) is 1.89. The maximum Gasteiger partial charge on any atom is 1.00 e. The molecule has 0 N–H and O–H groups in total. The monoisotopic (exact) mass is 267 g/mol.